The van der Waals surface area contributed by atoms with Gasteiger partial charge in [0.1, 0.15) is 5.75 Å². The van der Waals surface area contributed by atoms with Gasteiger partial charge in [-0.05, 0) is 47.1 Å². The lowest BCUT2D eigenvalue weighted by atomic mass is 10.1. The first-order valence-electron chi connectivity index (χ1n) is 6.49. The molecule has 2 aromatic carbocycles. The van der Waals surface area contributed by atoms with E-state index in [2.05, 4.69) is 26.1 Å². The molecular weight excluding hydrogens is 332 g/mol. The quantitative estimate of drug-likeness (QED) is 0.704. The average Bonchev–Trinajstić information content (AvgIpc) is 2.95. The van der Waals surface area contributed by atoms with Crippen LogP contribution in [0.25, 0.3) is 11.5 Å². The number of benzene rings is 2. The minimum atomic E-state index is 0.238. The predicted octanol–water partition coefficient (Wildman–Crippen LogP) is 4.39. The molecule has 3 rings (SSSR count). The Morgan fingerprint density at radius 3 is 2.76 bits per heavy atom. The fourth-order valence-electron chi connectivity index (χ4n) is 1.91. The third-order valence-corrected chi connectivity index (χ3v) is 3.57. The average molecular weight is 345 g/mol. The van der Waals surface area contributed by atoms with Crippen LogP contribution >= 0.6 is 15.9 Å². The Morgan fingerprint density at radius 1 is 1.10 bits per heavy atom. The molecule has 5 heteroatoms. The fraction of sp³-hybridized carbons (Fsp3) is 0.125. The van der Waals surface area contributed by atoms with Crippen molar-refractivity contribution in [2.75, 3.05) is 0 Å². The molecule has 21 heavy (non-hydrogen) atoms. The summed E-state index contributed by atoms with van der Waals surface area (Å²) in [6, 6.07) is 15.6. The van der Waals surface area contributed by atoms with Crippen LogP contribution in [0.1, 0.15) is 11.5 Å². The highest BCUT2D eigenvalue weighted by Crippen LogP contribution is 2.25. The van der Waals surface area contributed by atoms with Crippen molar-refractivity contribution in [2.24, 2.45) is 0 Å². The number of nitrogens with zero attached hydrogens (tertiary/aromatic N) is 2. The highest BCUT2D eigenvalue weighted by molar-refractivity contribution is 9.10. The van der Waals surface area contributed by atoms with Gasteiger partial charge in [0.25, 0.3) is 5.89 Å². The van der Waals surface area contributed by atoms with Crippen molar-refractivity contribution in [3.05, 3.63) is 64.5 Å². The molecule has 0 saturated carbocycles. The van der Waals surface area contributed by atoms with Gasteiger partial charge >= 0.3 is 0 Å². The molecule has 106 valence electrons. The SMILES string of the molecule is Cc1cccc(-c2nnc(COc3ccccc3Br)o2)c1. The number of ether oxygens (including phenoxy) is 1. The van der Waals surface area contributed by atoms with E-state index in [4.69, 9.17) is 9.15 Å². The lowest BCUT2D eigenvalue weighted by molar-refractivity contribution is 0.263. The van der Waals surface area contributed by atoms with Crippen LogP contribution in [0.4, 0.5) is 0 Å². The van der Waals surface area contributed by atoms with Gasteiger partial charge in [-0.1, -0.05) is 29.8 Å². The summed E-state index contributed by atoms with van der Waals surface area (Å²) in [7, 11) is 0. The molecule has 3 aromatic rings. The summed E-state index contributed by atoms with van der Waals surface area (Å²) < 4.78 is 12.2. The number of halogens is 1. The first-order chi connectivity index (χ1) is 10.2. The van der Waals surface area contributed by atoms with E-state index in [1.54, 1.807) is 0 Å². The second-order valence-corrected chi connectivity index (χ2v) is 5.44. The van der Waals surface area contributed by atoms with Gasteiger partial charge in [0.2, 0.25) is 5.89 Å². The second kappa shape index (κ2) is 6.10. The van der Waals surface area contributed by atoms with Gasteiger partial charge in [-0.2, -0.15) is 0 Å². The number of para-hydroxylation sites is 1. The zero-order valence-corrected chi connectivity index (χ0v) is 13.0. The largest absolute Gasteiger partial charge is 0.483 e. The van der Waals surface area contributed by atoms with Crippen molar-refractivity contribution in [3.8, 4) is 17.2 Å². The van der Waals surface area contributed by atoms with E-state index in [0.717, 1.165) is 21.3 Å². The zero-order valence-electron chi connectivity index (χ0n) is 11.4. The van der Waals surface area contributed by atoms with Crippen LogP contribution in [0.15, 0.2) is 57.4 Å². The third-order valence-electron chi connectivity index (χ3n) is 2.92. The smallest absolute Gasteiger partial charge is 0.254 e. The summed E-state index contributed by atoms with van der Waals surface area (Å²) in [5.74, 6) is 1.69. The van der Waals surface area contributed by atoms with Crippen LogP contribution in [-0.4, -0.2) is 10.2 Å². The molecule has 4 nitrogen and oxygen atoms in total. The molecule has 0 radical (unpaired) electrons. The van der Waals surface area contributed by atoms with Crippen LogP contribution in [0.2, 0.25) is 0 Å². The molecule has 0 atom stereocenters. The predicted molar refractivity (Wildman–Crippen MR) is 82.9 cm³/mol. The fourth-order valence-corrected chi connectivity index (χ4v) is 2.31. The van der Waals surface area contributed by atoms with E-state index in [9.17, 15) is 0 Å². The van der Waals surface area contributed by atoms with Crippen molar-refractivity contribution in [2.45, 2.75) is 13.5 Å². The Bertz CT molecular complexity index is 755. The number of aryl methyl sites for hydroxylation is 1. The summed E-state index contributed by atoms with van der Waals surface area (Å²) in [6.45, 7) is 2.26. The first-order valence-corrected chi connectivity index (χ1v) is 7.28. The van der Waals surface area contributed by atoms with Crippen LogP contribution in [0, 0.1) is 6.92 Å². The second-order valence-electron chi connectivity index (χ2n) is 4.59. The van der Waals surface area contributed by atoms with Crippen molar-refractivity contribution >= 4 is 15.9 Å². The molecule has 0 aliphatic heterocycles. The highest BCUT2D eigenvalue weighted by atomic mass is 79.9. The van der Waals surface area contributed by atoms with E-state index in [1.165, 1.54) is 0 Å². The Labute approximate surface area is 130 Å². The molecule has 1 aromatic heterocycles. The number of hydrogen-bond donors (Lipinski definition) is 0. The lowest BCUT2D eigenvalue weighted by Gasteiger charge is -2.04. The number of rotatable bonds is 4. The van der Waals surface area contributed by atoms with Crippen LogP contribution in [0.5, 0.6) is 5.75 Å². The molecule has 0 spiro atoms. The molecule has 0 bridgehead atoms. The van der Waals surface area contributed by atoms with Gasteiger partial charge in [0.15, 0.2) is 6.61 Å². The topological polar surface area (TPSA) is 48.2 Å². The summed E-state index contributed by atoms with van der Waals surface area (Å²) in [5.41, 5.74) is 2.06. The van der Waals surface area contributed by atoms with E-state index < -0.39 is 0 Å². The summed E-state index contributed by atoms with van der Waals surface area (Å²) in [6.07, 6.45) is 0. The van der Waals surface area contributed by atoms with Gasteiger partial charge < -0.3 is 9.15 Å². The van der Waals surface area contributed by atoms with E-state index >= 15 is 0 Å². The molecule has 0 unspecified atom stereocenters. The van der Waals surface area contributed by atoms with Gasteiger partial charge in [-0.15, -0.1) is 10.2 Å². The van der Waals surface area contributed by atoms with Gasteiger partial charge in [-0.3, -0.25) is 0 Å². The minimum Gasteiger partial charge on any atom is -0.483 e. The van der Waals surface area contributed by atoms with E-state index in [-0.39, 0.29) is 6.61 Å². The summed E-state index contributed by atoms with van der Waals surface area (Å²) in [5, 5.41) is 8.06. The number of aromatic nitrogens is 2. The summed E-state index contributed by atoms with van der Waals surface area (Å²) >= 11 is 3.43. The molecule has 1 heterocycles. The zero-order chi connectivity index (χ0) is 14.7. The summed E-state index contributed by atoms with van der Waals surface area (Å²) in [4.78, 5) is 0. The van der Waals surface area contributed by atoms with Crippen molar-refractivity contribution in [3.63, 3.8) is 0 Å². The van der Waals surface area contributed by atoms with Gasteiger partial charge in [-0.25, -0.2) is 0 Å². The van der Waals surface area contributed by atoms with Crippen LogP contribution < -0.4 is 4.74 Å². The van der Waals surface area contributed by atoms with E-state index in [0.29, 0.717) is 11.8 Å². The lowest BCUT2D eigenvalue weighted by Crippen LogP contribution is -1.96. The van der Waals surface area contributed by atoms with Gasteiger partial charge in [0.05, 0.1) is 4.47 Å². The Morgan fingerprint density at radius 2 is 1.95 bits per heavy atom. The molecule has 0 saturated heterocycles. The standard InChI is InChI=1S/C16H13BrN2O2/c1-11-5-4-6-12(9-11)16-19-18-15(21-16)10-20-14-8-3-2-7-13(14)17/h2-9H,10H2,1H3. The Kier molecular flexibility index (Phi) is 4.01. The molecule has 0 amide bonds. The monoisotopic (exact) mass is 344 g/mol. The molecule has 0 fully saturated rings. The molecule has 0 aliphatic rings. The van der Waals surface area contributed by atoms with Crippen LogP contribution in [0.3, 0.4) is 0 Å². The Hall–Kier alpha value is -2.14. The first kappa shape index (κ1) is 13.8. The van der Waals surface area contributed by atoms with Crippen molar-refractivity contribution in [1.29, 1.82) is 0 Å². The van der Waals surface area contributed by atoms with Crippen molar-refractivity contribution < 1.29 is 9.15 Å². The molecule has 0 aliphatic carbocycles. The number of hydrogen-bond acceptors (Lipinski definition) is 4. The van der Waals surface area contributed by atoms with E-state index in [1.807, 2.05) is 55.5 Å². The Balaban J connectivity index is 1.72. The molecular formula is C16H13BrN2O2. The third kappa shape index (κ3) is 3.31. The highest BCUT2D eigenvalue weighted by Gasteiger charge is 2.09. The normalized spacial score (nSPS) is 10.6. The maximum Gasteiger partial charge on any atom is 0.254 e. The van der Waals surface area contributed by atoms with Crippen molar-refractivity contribution in [1.82, 2.24) is 10.2 Å². The molecule has 0 N–H and O–H groups in total. The maximum absolute atomic E-state index is 5.65. The van der Waals surface area contributed by atoms with Gasteiger partial charge in [0, 0.05) is 5.56 Å². The minimum absolute atomic E-state index is 0.238. The van der Waals surface area contributed by atoms with Crippen LogP contribution in [-0.2, 0) is 6.61 Å². The maximum atomic E-state index is 5.65.